The smallest absolute Gasteiger partial charge is 0.310 e. The Morgan fingerprint density at radius 1 is 1.33 bits per heavy atom. The fourth-order valence-corrected chi connectivity index (χ4v) is 2.39. The van der Waals surface area contributed by atoms with E-state index >= 15 is 0 Å². The van der Waals surface area contributed by atoms with E-state index in [1.807, 2.05) is 39.8 Å². The lowest BCUT2D eigenvalue weighted by Gasteiger charge is -2.22. The molecular formula is C18H25NO2. The van der Waals surface area contributed by atoms with E-state index in [4.69, 9.17) is 10.00 Å². The van der Waals surface area contributed by atoms with Gasteiger partial charge in [0.15, 0.2) is 0 Å². The van der Waals surface area contributed by atoms with E-state index in [2.05, 4.69) is 19.9 Å². The van der Waals surface area contributed by atoms with Gasteiger partial charge in [0.2, 0.25) is 0 Å². The summed E-state index contributed by atoms with van der Waals surface area (Å²) in [5.74, 6) is 0.0462. The van der Waals surface area contributed by atoms with Crippen molar-refractivity contribution in [2.24, 2.45) is 0 Å². The molecule has 0 atom stereocenters. The van der Waals surface area contributed by atoms with E-state index in [0.29, 0.717) is 5.56 Å². The van der Waals surface area contributed by atoms with E-state index in [-0.39, 0.29) is 18.3 Å². The molecule has 0 aliphatic heterocycles. The first-order valence-electron chi connectivity index (χ1n) is 7.45. The molecule has 3 heteroatoms. The summed E-state index contributed by atoms with van der Waals surface area (Å²) < 4.78 is 5.43. The normalized spacial score (nSPS) is 11.3. The largest absolute Gasteiger partial charge is 0.460 e. The average Bonchev–Trinajstić information content (AvgIpc) is 2.36. The summed E-state index contributed by atoms with van der Waals surface area (Å²) >= 11 is 0. The third-order valence-electron chi connectivity index (χ3n) is 3.25. The van der Waals surface area contributed by atoms with Crippen LogP contribution in [0.2, 0.25) is 0 Å². The predicted molar refractivity (Wildman–Crippen MR) is 84.2 cm³/mol. The van der Waals surface area contributed by atoms with Gasteiger partial charge in [-0.2, -0.15) is 5.26 Å². The van der Waals surface area contributed by atoms with E-state index in [0.717, 1.165) is 23.1 Å². The molecule has 1 rings (SSSR count). The van der Waals surface area contributed by atoms with Crippen molar-refractivity contribution in [1.82, 2.24) is 0 Å². The van der Waals surface area contributed by atoms with Crippen LogP contribution in [0, 0.1) is 11.3 Å². The topological polar surface area (TPSA) is 50.1 Å². The standard InChI is InChI=1S/C18H25NO2/c1-7-14-8-13(11-19)9-15(12(2)3)16(14)10-17(20)21-18(4,5)6/h8-9,12H,7,10H2,1-6H3. The van der Waals surface area contributed by atoms with Crippen molar-refractivity contribution in [1.29, 1.82) is 5.26 Å². The second-order valence-corrected chi connectivity index (χ2v) is 6.59. The Morgan fingerprint density at radius 3 is 2.38 bits per heavy atom. The molecule has 21 heavy (non-hydrogen) atoms. The van der Waals surface area contributed by atoms with Gasteiger partial charge in [-0.15, -0.1) is 0 Å². The van der Waals surface area contributed by atoms with Crippen molar-refractivity contribution in [2.75, 3.05) is 0 Å². The summed E-state index contributed by atoms with van der Waals surface area (Å²) in [5, 5.41) is 9.15. The third kappa shape index (κ3) is 4.90. The molecule has 0 spiro atoms. The number of carbonyl (C=O) groups excluding carboxylic acids is 1. The number of aryl methyl sites for hydroxylation is 1. The number of esters is 1. The molecule has 0 N–H and O–H groups in total. The number of carbonyl (C=O) groups is 1. The van der Waals surface area contributed by atoms with Gasteiger partial charge in [0.25, 0.3) is 0 Å². The second-order valence-electron chi connectivity index (χ2n) is 6.59. The van der Waals surface area contributed by atoms with E-state index in [1.54, 1.807) is 0 Å². The number of ether oxygens (including phenoxy) is 1. The lowest BCUT2D eigenvalue weighted by Crippen LogP contribution is -2.25. The summed E-state index contributed by atoms with van der Waals surface area (Å²) in [7, 11) is 0. The van der Waals surface area contributed by atoms with Crippen molar-refractivity contribution in [3.63, 3.8) is 0 Å². The van der Waals surface area contributed by atoms with Crippen LogP contribution >= 0.6 is 0 Å². The van der Waals surface area contributed by atoms with Crippen LogP contribution in [0.25, 0.3) is 0 Å². The monoisotopic (exact) mass is 287 g/mol. The highest BCUT2D eigenvalue weighted by Gasteiger charge is 2.20. The molecule has 1 aromatic carbocycles. The molecule has 0 saturated carbocycles. The van der Waals surface area contributed by atoms with Crippen LogP contribution in [-0.2, 0) is 22.4 Å². The van der Waals surface area contributed by atoms with Crippen LogP contribution in [0.3, 0.4) is 0 Å². The Morgan fingerprint density at radius 2 is 1.95 bits per heavy atom. The molecule has 0 aliphatic rings. The molecule has 0 fully saturated rings. The van der Waals surface area contributed by atoms with Crippen molar-refractivity contribution in [3.05, 3.63) is 34.4 Å². The first-order valence-corrected chi connectivity index (χ1v) is 7.45. The lowest BCUT2D eigenvalue weighted by molar-refractivity contribution is -0.153. The van der Waals surface area contributed by atoms with Crippen LogP contribution in [0.4, 0.5) is 0 Å². The Bertz CT molecular complexity index is 560. The number of benzene rings is 1. The third-order valence-corrected chi connectivity index (χ3v) is 3.25. The number of rotatable bonds is 4. The zero-order valence-corrected chi connectivity index (χ0v) is 13.9. The Balaban J connectivity index is 3.21. The summed E-state index contributed by atoms with van der Waals surface area (Å²) in [6, 6.07) is 5.97. The molecule has 0 heterocycles. The van der Waals surface area contributed by atoms with Crippen LogP contribution in [0.5, 0.6) is 0 Å². The molecule has 114 valence electrons. The average molecular weight is 287 g/mol. The van der Waals surface area contributed by atoms with E-state index in [1.165, 1.54) is 0 Å². The van der Waals surface area contributed by atoms with Gasteiger partial charge in [0.05, 0.1) is 18.1 Å². The molecule has 0 amide bonds. The highest BCUT2D eigenvalue weighted by Crippen LogP contribution is 2.26. The van der Waals surface area contributed by atoms with Gasteiger partial charge in [-0.25, -0.2) is 0 Å². The van der Waals surface area contributed by atoms with Gasteiger partial charge in [-0.3, -0.25) is 4.79 Å². The van der Waals surface area contributed by atoms with Crippen molar-refractivity contribution >= 4 is 5.97 Å². The van der Waals surface area contributed by atoms with Gasteiger partial charge >= 0.3 is 5.97 Å². The SMILES string of the molecule is CCc1cc(C#N)cc(C(C)C)c1CC(=O)OC(C)(C)C. The van der Waals surface area contributed by atoms with Crippen LogP contribution in [0.15, 0.2) is 12.1 Å². The Kier molecular flexibility index (Phi) is 5.54. The van der Waals surface area contributed by atoms with Crippen molar-refractivity contribution in [2.45, 2.75) is 65.9 Å². The minimum Gasteiger partial charge on any atom is -0.460 e. The molecule has 0 aromatic heterocycles. The van der Waals surface area contributed by atoms with E-state index in [9.17, 15) is 4.79 Å². The number of hydrogen-bond donors (Lipinski definition) is 0. The highest BCUT2D eigenvalue weighted by molar-refractivity contribution is 5.74. The zero-order valence-electron chi connectivity index (χ0n) is 13.9. The maximum atomic E-state index is 12.1. The molecule has 0 unspecified atom stereocenters. The van der Waals surface area contributed by atoms with Gasteiger partial charge in [0.1, 0.15) is 5.60 Å². The summed E-state index contributed by atoms with van der Waals surface area (Å²) in [5.41, 5.74) is 3.32. The lowest BCUT2D eigenvalue weighted by atomic mass is 9.88. The minimum atomic E-state index is -0.478. The van der Waals surface area contributed by atoms with Crippen LogP contribution < -0.4 is 0 Å². The predicted octanol–water partition coefficient (Wildman–Crippen LogP) is 4.13. The van der Waals surface area contributed by atoms with Gasteiger partial charge in [-0.05, 0) is 61.9 Å². The Labute approximate surface area is 127 Å². The van der Waals surface area contributed by atoms with Gasteiger partial charge in [0, 0.05) is 0 Å². The van der Waals surface area contributed by atoms with Gasteiger partial charge in [-0.1, -0.05) is 20.8 Å². The number of hydrogen-bond acceptors (Lipinski definition) is 3. The molecule has 0 aliphatic carbocycles. The fraction of sp³-hybridized carbons (Fsp3) is 0.556. The maximum Gasteiger partial charge on any atom is 0.310 e. The molecule has 1 aromatic rings. The zero-order chi connectivity index (χ0) is 16.2. The quantitative estimate of drug-likeness (QED) is 0.782. The van der Waals surface area contributed by atoms with E-state index < -0.39 is 5.60 Å². The van der Waals surface area contributed by atoms with Gasteiger partial charge < -0.3 is 4.74 Å². The Hall–Kier alpha value is -1.82. The molecular weight excluding hydrogens is 262 g/mol. The molecule has 0 bridgehead atoms. The first kappa shape index (κ1) is 17.2. The second kappa shape index (κ2) is 6.76. The van der Waals surface area contributed by atoms with Crippen LogP contribution in [-0.4, -0.2) is 11.6 Å². The maximum absolute atomic E-state index is 12.1. The highest BCUT2D eigenvalue weighted by atomic mass is 16.6. The minimum absolute atomic E-state index is 0.219. The number of nitriles is 1. The van der Waals surface area contributed by atoms with Crippen molar-refractivity contribution < 1.29 is 9.53 Å². The molecule has 0 saturated heterocycles. The fourth-order valence-electron chi connectivity index (χ4n) is 2.39. The summed E-state index contributed by atoms with van der Waals surface area (Å²) in [4.78, 5) is 12.1. The first-order chi connectivity index (χ1) is 9.67. The summed E-state index contributed by atoms with van der Waals surface area (Å²) in [6.45, 7) is 11.8. The molecule has 0 radical (unpaired) electrons. The van der Waals surface area contributed by atoms with Crippen molar-refractivity contribution in [3.8, 4) is 6.07 Å². The molecule has 3 nitrogen and oxygen atoms in total. The number of nitrogens with zero attached hydrogens (tertiary/aromatic N) is 1. The summed E-state index contributed by atoms with van der Waals surface area (Å²) in [6.07, 6.45) is 1.06. The van der Waals surface area contributed by atoms with Crippen LogP contribution in [0.1, 0.15) is 69.7 Å².